The van der Waals surface area contributed by atoms with Gasteiger partial charge in [0.15, 0.2) is 11.6 Å². The van der Waals surface area contributed by atoms with E-state index in [1.165, 1.54) is 31.7 Å². The van der Waals surface area contributed by atoms with Crippen LogP contribution < -0.4 is 0 Å². The number of hydrogen-bond donors (Lipinski definition) is 2. The molecule has 0 spiro atoms. The average Bonchev–Trinajstić information content (AvgIpc) is 2.81. The van der Waals surface area contributed by atoms with E-state index < -0.39 is 28.8 Å². The summed E-state index contributed by atoms with van der Waals surface area (Å²) >= 11 is 0. The summed E-state index contributed by atoms with van der Waals surface area (Å²) in [5.74, 6) is -3.67. The summed E-state index contributed by atoms with van der Waals surface area (Å²) in [7, 11) is 0. The Morgan fingerprint density at radius 1 is 0.529 bits per heavy atom. The first-order chi connectivity index (χ1) is 16.3. The summed E-state index contributed by atoms with van der Waals surface area (Å²) in [4.78, 5) is 49.6. The highest BCUT2D eigenvalue weighted by Crippen LogP contribution is 2.25. The van der Waals surface area contributed by atoms with Gasteiger partial charge in [-0.3, -0.25) is 9.59 Å². The van der Waals surface area contributed by atoms with Crippen molar-refractivity contribution in [1.82, 2.24) is 0 Å². The number of carboxylic acids is 2. The van der Waals surface area contributed by atoms with Crippen LogP contribution in [0.5, 0.6) is 0 Å². The quantitative estimate of drug-likeness (QED) is 0.148. The van der Waals surface area contributed by atoms with Crippen molar-refractivity contribution < 1.29 is 29.4 Å². The van der Waals surface area contributed by atoms with E-state index in [4.69, 9.17) is 0 Å². The molecule has 0 amide bonds. The Labute approximate surface area is 204 Å². The number of Topliss-reactive ketones (excluding diaryl/α,β-unsaturated/α-hetero) is 2. The molecule has 0 atom stereocenters. The summed E-state index contributed by atoms with van der Waals surface area (Å²) < 4.78 is 0. The molecule has 0 heterocycles. The van der Waals surface area contributed by atoms with E-state index >= 15 is 0 Å². The molecule has 0 saturated carbocycles. The van der Waals surface area contributed by atoms with Gasteiger partial charge in [-0.2, -0.15) is 0 Å². The van der Waals surface area contributed by atoms with Crippen LogP contribution in [0.2, 0.25) is 0 Å². The highest BCUT2D eigenvalue weighted by Gasteiger charge is 2.28. The van der Waals surface area contributed by atoms with E-state index in [2.05, 4.69) is 13.8 Å². The number of carbonyl (C=O) groups excluding carboxylic acids is 2. The van der Waals surface area contributed by atoms with E-state index in [0.29, 0.717) is 12.8 Å². The van der Waals surface area contributed by atoms with Gasteiger partial charge in [0.05, 0.1) is 11.1 Å². The van der Waals surface area contributed by atoms with Gasteiger partial charge in [0.25, 0.3) is 0 Å². The van der Waals surface area contributed by atoms with Crippen LogP contribution >= 0.6 is 0 Å². The van der Waals surface area contributed by atoms with Gasteiger partial charge in [0.2, 0.25) is 0 Å². The van der Waals surface area contributed by atoms with Crippen LogP contribution in [0, 0.1) is 0 Å². The number of rotatable bonds is 20. The maximum absolute atomic E-state index is 13.1. The number of carbonyl (C=O) groups is 4. The normalized spacial score (nSPS) is 10.9. The Morgan fingerprint density at radius 2 is 0.941 bits per heavy atom. The fraction of sp³-hybridized carbons (Fsp3) is 0.643. The molecule has 0 aliphatic rings. The zero-order valence-electron chi connectivity index (χ0n) is 21.0. The Hall–Kier alpha value is -2.50. The van der Waals surface area contributed by atoms with Gasteiger partial charge in [-0.1, -0.05) is 90.9 Å². The largest absolute Gasteiger partial charge is 0.478 e. The molecule has 1 aromatic carbocycles. The summed E-state index contributed by atoms with van der Waals surface area (Å²) in [6.07, 6.45) is 14.6. The van der Waals surface area contributed by atoms with Crippen LogP contribution in [0.25, 0.3) is 0 Å². The molecule has 0 aliphatic carbocycles. The Morgan fingerprint density at radius 3 is 1.38 bits per heavy atom. The maximum Gasteiger partial charge on any atom is 0.337 e. The minimum Gasteiger partial charge on any atom is -0.478 e. The molecule has 0 bridgehead atoms. The number of benzene rings is 1. The van der Waals surface area contributed by atoms with E-state index in [1.807, 2.05) is 0 Å². The number of ketones is 2. The van der Waals surface area contributed by atoms with Crippen molar-refractivity contribution >= 4 is 23.5 Å². The van der Waals surface area contributed by atoms with Gasteiger partial charge in [-0.05, 0) is 25.0 Å². The van der Waals surface area contributed by atoms with Gasteiger partial charge in [0, 0.05) is 24.0 Å². The molecule has 34 heavy (non-hydrogen) atoms. The lowest BCUT2D eigenvalue weighted by molar-refractivity contribution is 0.0649. The first kappa shape index (κ1) is 29.5. The van der Waals surface area contributed by atoms with Gasteiger partial charge < -0.3 is 10.2 Å². The lowest BCUT2D eigenvalue weighted by atomic mass is 9.88. The fourth-order valence-corrected chi connectivity index (χ4v) is 4.27. The highest BCUT2D eigenvalue weighted by molar-refractivity contribution is 6.17. The lowest BCUT2D eigenvalue weighted by Crippen LogP contribution is -2.19. The maximum atomic E-state index is 13.1. The summed E-state index contributed by atoms with van der Waals surface area (Å²) in [6.45, 7) is 4.31. The predicted octanol–water partition coefficient (Wildman–Crippen LogP) is 7.73. The summed E-state index contributed by atoms with van der Waals surface area (Å²) in [5.41, 5.74) is -1.21. The Balaban J connectivity index is 2.94. The summed E-state index contributed by atoms with van der Waals surface area (Å²) in [6, 6.07) is 2.45. The van der Waals surface area contributed by atoms with E-state index in [0.717, 1.165) is 57.4 Å². The number of hydrogen-bond acceptors (Lipinski definition) is 4. The number of unbranched alkanes of at least 4 members (excludes halogenated alkanes) is 12. The predicted molar refractivity (Wildman–Crippen MR) is 134 cm³/mol. The van der Waals surface area contributed by atoms with Gasteiger partial charge in [-0.25, -0.2) is 9.59 Å². The molecule has 6 heteroatoms. The minimum atomic E-state index is -1.49. The molecule has 6 nitrogen and oxygen atoms in total. The standard InChI is InChI=1S/C28H42O6/c1-3-5-7-9-11-13-15-17-23(29)21-19-20-22(27(31)32)26(28(33)34)25(21)24(30)18-16-14-12-10-8-6-4-2/h19-20H,3-18H2,1-2H3,(H,31,32)(H,33,34). The zero-order chi connectivity index (χ0) is 25.3. The Bertz CT molecular complexity index is 811. The van der Waals surface area contributed by atoms with Crippen molar-refractivity contribution in [2.24, 2.45) is 0 Å². The van der Waals surface area contributed by atoms with Crippen molar-refractivity contribution in [3.63, 3.8) is 0 Å². The van der Waals surface area contributed by atoms with Crippen molar-refractivity contribution in [2.45, 2.75) is 117 Å². The molecule has 2 N–H and O–H groups in total. The van der Waals surface area contributed by atoms with Gasteiger partial charge in [-0.15, -0.1) is 0 Å². The minimum absolute atomic E-state index is 0.0429. The van der Waals surface area contributed by atoms with Crippen LogP contribution in [0.4, 0.5) is 0 Å². The van der Waals surface area contributed by atoms with Gasteiger partial charge >= 0.3 is 11.9 Å². The second-order valence-corrected chi connectivity index (χ2v) is 9.11. The molecule has 1 rings (SSSR count). The Kier molecular flexibility index (Phi) is 14.8. The van der Waals surface area contributed by atoms with Crippen LogP contribution in [-0.4, -0.2) is 33.7 Å². The van der Waals surface area contributed by atoms with Gasteiger partial charge in [0.1, 0.15) is 0 Å². The summed E-state index contributed by atoms with van der Waals surface area (Å²) in [5, 5.41) is 19.2. The van der Waals surface area contributed by atoms with E-state index in [1.54, 1.807) is 0 Å². The van der Waals surface area contributed by atoms with Crippen molar-refractivity contribution in [3.8, 4) is 0 Å². The number of carboxylic acid groups (broad SMARTS) is 2. The second kappa shape index (κ2) is 17.0. The molecule has 0 radical (unpaired) electrons. The zero-order valence-corrected chi connectivity index (χ0v) is 21.0. The van der Waals surface area contributed by atoms with Crippen LogP contribution in [0.3, 0.4) is 0 Å². The van der Waals surface area contributed by atoms with Crippen LogP contribution in [0.1, 0.15) is 158 Å². The third-order valence-electron chi connectivity index (χ3n) is 6.24. The molecule has 1 aromatic rings. The molecule has 190 valence electrons. The lowest BCUT2D eigenvalue weighted by Gasteiger charge is -2.14. The van der Waals surface area contributed by atoms with E-state index in [9.17, 15) is 29.4 Å². The smallest absolute Gasteiger partial charge is 0.337 e. The first-order valence-electron chi connectivity index (χ1n) is 13.0. The molecule has 0 aromatic heterocycles. The first-order valence-corrected chi connectivity index (χ1v) is 13.0. The highest BCUT2D eigenvalue weighted by atomic mass is 16.4. The third-order valence-corrected chi connectivity index (χ3v) is 6.24. The van der Waals surface area contributed by atoms with Crippen molar-refractivity contribution in [1.29, 1.82) is 0 Å². The molecular weight excluding hydrogens is 432 g/mol. The molecule has 0 saturated heterocycles. The third kappa shape index (κ3) is 10.2. The monoisotopic (exact) mass is 474 g/mol. The molecule has 0 fully saturated rings. The number of aromatic carboxylic acids is 2. The second-order valence-electron chi connectivity index (χ2n) is 9.11. The molecule has 0 unspecified atom stereocenters. The van der Waals surface area contributed by atoms with Crippen LogP contribution in [-0.2, 0) is 0 Å². The van der Waals surface area contributed by atoms with Crippen molar-refractivity contribution in [3.05, 3.63) is 34.4 Å². The SMILES string of the molecule is CCCCCCCCCC(=O)c1ccc(C(=O)O)c(C(=O)O)c1C(=O)CCCCCCCCC. The average molecular weight is 475 g/mol. The van der Waals surface area contributed by atoms with Crippen LogP contribution in [0.15, 0.2) is 12.1 Å². The molecule has 0 aliphatic heterocycles. The molecular formula is C28H42O6. The fourth-order valence-electron chi connectivity index (χ4n) is 4.27. The van der Waals surface area contributed by atoms with E-state index in [-0.39, 0.29) is 29.8 Å². The van der Waals surface area contributed by atoms with Crippen molar-refractivity contribution in [2.75, 3.05) is 0 Å². The topological polar surface area (TPSA) is 109 Å².